The van der Waals surface area contributed by atoms with Crippen LogP contribution in [0.5, 0.6) is 0 Å². The minimum Gasteiger partial charge on any atom is -0.322 e. The predicted octanol–water partition coefficient (Wildman–Crippen LogP) is 4.08. The molecule has 0 aliphatic carbocycles. The van der Waals surface area contributed by atoms with E-state index in [2.05, 4.69) is 20.3 Å². The van der Waals surface area contributed by atoms with Gasteiger partial charge in [-0.25, -0.2) is 19.3 Å². The highest BCUT2D eigenvalue weighted by molar-refractivity contribution is 7.98. The van der Waals surface area contributed by atoms with Gasteiger partial charge in [-0.05, 0) is 56.0 Å². The number of carbonyl (C=O) groups is 1. The normalized spacial score (nSPS) is 11.6. The number of nitrogens with one attached hydrogen (secondary N) is 2. The number of hydrogen-bond acceptors (Lipinski definition) is 6. The van der Waals surface area contributed by atoms with E-state index in [-0.39, 0.29) is 28.0 Å². The zero-order valence-corrected chi connectivity index (χ0v) is 19.5. The van der Waals surface area contributed by atoms with Gasteiger partial charge < -0.3 is 5.32 Å². The fraction of sp³-hybridized carbons (Fsp3) is 0.174. The van der Waals surface area contributed by atoms with Crippen molar-refractivity contribution in [3.8, 4) is 5.69 Å². The van der Waals surface area contributed by atoms with E-state index in [9.17, 15) is 27.6 Å². The highest BCUT2D eigenvalue weighted by atomic mass is 32.2. The predicted molar refractivity (Wildman–Crippen MR) is 126 cm³/mol. The second-order valence-corrected chi connectivity index (χ2v) is 8.40. The van der Waals surface area contributed by atoms with Crippen molar-refractivity contribution < 1.29 is 18.0 Å². The highest BCUT2D eigenvalue weighted by Gasteiger charge is 2.31. The molecule has 2 heterocycles. The number of rotatable bonds is 4. The number of alkyl halides is 3. The Morgan fingerprint density at radius 3 is 2.51 bits per heavy atom. The zero-order chi connectivity index (χ0) is 25.5. The second-order valence-electron chi connectivity index (χ2n) is 7.62. The third-order valence-electron chi connectivity index (χ3n) is 5.26. The number of aromatic nitrogens is 4. The lowest BCUT2D eigenvalue weighted by Gasteiger charge is -2.13. The average Bonchev–Trinajstić information content (AvgIpc) is 2.79. The first-order valence-corrected chi connectivity index (χ1v) is 11.4. The largest absolute Gasteiger partial charge is 0.416 e. The molecule has 2 aromatic heterocycles. The zero-order valence-electron chi connectivity index (χ0n) is 18.6. The van der Waals surface area contributed by atoms with Gasteiger partial charge in [0.15, 0.2) is 10.8 Å². The smallest absolute Gasteiger partial charge is 0.322 e. The summed E-state index contributed by atoms with van der Waals surface area (Å²) in [6.07, 6.45) is -2.83. The molecule has 0 spiro atoms. The molecule has 2 aromatic carbocycles. The Bertz CT molecular complexity index is 1590. The minimum atomic E-state index is -4.59. The molecule has 2 N–H and O–H groups in total. The van der Waals surface area contributed by atoms with Gasteiger partial charge in [-0.15, -0.1) is 0 Å². The highest BCUT2D eigenvalue weighted by Crippen LogP contribution is 2.30. The van der Waals surface area contributed by atoms with E-state index in [1.165, 1.54) is 30.0 Å². The molecule has 0 saturated heterocycles. The van der Waals surface area contributed by atoms with Crippen molar-refractivity contribution in [2.75, 3.05) is 11.6 Å². The number of thioether (sulfide) groups is 1. The third kappa shape index (κ3) is 4.69. The summed E-state index contributed by atoms with van der Waals surface area (Å²) in [5, 5.41) is 3.06. The van der Waals surface area contributed by atoms with Crippen molar-refractivity contribution in [2.24, 2.45) is 0 Å². The molecule has 8 nitrogen and oxygen atoms in total. The molecule has 0 unspecified atom stereocenters. The lowest BCUT2D eigenvalue weighted by Crippen LogP contribution is -2.35. The van der Waals surface area contributed by atoms with Crippen molar-refractivity contribution in [2.45, 2.75) is 25.2 Å². The number of halogens is 3. The standard InChI is InChI=1S/C23H18F3N5O3S/c1-11-7-8-15(28-19(32)13-5-4-6-14(9-13)23(24,25)26)10-16(11)31-20(33)17-12(2)27-21(35-3)29-18(17)30-22(31)34/h4-10H,1-3H3,(H,28,32)(H,27,29,30,34). The molecule has 1 amide bonds. The van der Waals surface area contributed by atoms with Crippen LogP contribution in [-0.4, -0.2) is 31.7 Å². The van der Waals surface area contributed by atoms with Crippen LogP contribution in [0.25, 0.3) is 16.7 Å². The number of aryl methyl sites for hydroxylation is 2. The average molecular weight is 501 g/mol. The monoisotopic (exact) mass is 501 g/mol. The number of anilines is 1. The lowest BCUT2D eigenvalue weighted by atomic mass is 10.1. The first kappa shape index (κ1) is 24.2. The molecular formula is C23H18F3N5O3S. The summed E-state index contributed by atoms with van der Waals surface area (Å²) in [7, 11) is 0. The summed E-state index contributed by atoms with van der Waals surface area (Å²) in [5.74, 6) is -0.778. The molecule has 0 atom stereocenters. The van der Waals surface area contributed by atoms with Crippen molar-refractivity contribution in [1.29, 1.82) is 0 Å². The van der Waals surface area contributed by atoms with Gasteiger partial charge in [-0.1, -0.05) is 23.9 Å². The first-order chi connectivity index (χ1) is 16.5. The van der Waals surface area contributed by atoms with Gasteiger partial charge in [-0.2, -0.15) is 13.2 Å². The lowest BCUT2D eigenvalue weighted by molar-refractivity contribution is -0.137. The number of H-pyrrole nitrogens is 1. The van der Waals surface area contributed by atoms with Crippen LogP contribution in [0.3, 0.4) is 0 Å². The van der Waals surface area contributed by atoms with Gasteiger partial charge >= 0.3 is 11.9 Å². The molecular weight excluding hydrogens is 483 g/mol. The number of nitrogens with zero attached hydrogens (tertiary/aromatic N) is 3. The number of benzene rings is 2. The number of fused-ring (bicyclic) bond motifs is 1. The van der Waals surface area contributed by atoms with Crippen LogP contribution in [-0.2, 0) is 6.18 Å². The molecule has 0 aliphatic rings. The van der Waals surface area contributed by atoms with Crippen LogP contribution in [0.4, 0.5) is 18.9 Å². The van der Waals surface area contributed by atoms with Gasteiger partial charge in [0.1, 0.15) is 5.39 Å². The van der Waals surface area contributed by atoms with Gasteiger partial charge in [0.05, 0.1) is 16.9 Å². The van der Waals surface area contributed by atoms with Crippen molar-refractivity contribution in [3.63, 3.8) is 0 Å². The Labute approximate surface area is 200 Å². The maximum Gasteiger partial charge on any atom is 0.416 e. The van der Waals surface area contributed by atoms with Crippen LogP contribution >= 0.6 is 11.8 Å². The summed E-state index contributed by atoms with van der Waals surface area (Å²) in [6, 6.07) is 8.50. The van der Waals surface area contributed by atoms with Gasteiger partial charge in [-0.3, -0.25) is 14.6 Å². The molecule has 0 bridgehead atoms. The number of amides is 1. The second kappa shape index (κ2) is 9.02. The SMILES string of the molecule is CSc1nc(C)c2c(=O)n(-c3cc(NC(=O)c4cccc(C(F)(F)F)c4)ccc3C)c(=O)[nH]c2n1. The summed E-state index contributed by atoms with van der Waals surface area (Å²) in [5.41, 5.74) is -1.10. The van der Waals surface area contributed by atoms with Crippen LogP contribution < -0.4 is 16.6 Å². The Morgan fingerprint density at radius 1 is 1.09 bits per heavy atom. The fourth-order valence-corrected chi connectivity index (χ4v) is 3.94. The summed E-state index contributed by atoms with van der Waals surface area (Å²) in [4.78, 5) is 49.8. The molecule has 180 valence electrons. The number of hydrogen-bond donors (Lipinski definition) is 2. The Hall–Kier alpha value is -3.93. The molecule has 0 radical (unpaired) electrons. The van der Waals surface area contributed by atoms with Crippen LogP contribution in [0.15, 0.2) is 57.2 Å². The first-order valence-electron chi connectivity index (χ1n) is 10.2. The van der Waals surface area contributed by atoms with Crippen molar-refractivity contribution in [3.05, 3.63) is 85.7 Å². The van der Waals surface area contributed by atoms with Crippen molar-refractivity contribution in [1.82, 2.24) is 19.5 Å². The number of aromatic amines is 1. The minimum absolute atomic E-state index is 0.111. The van der Waals surface area contributed by atoms with E-state index in [1.807, 2.05) is 0 Å². The van der Waals surface area contributed by atoms with Crippen LogP contribution in [0.1, 0.15) is 27.2 Å². The summed E-state index contributed by atoms with van der Waals surface area (Å²) < 4.78 is 39.9. The summed E-state index contributed by atoms with van der Waals surface area (Å²) >= 11 is 1.26. The van der Waals surface area contributed by atoms with E-state index in [4.69, 9.17) is 0 Å². The van der Waals surface area contributed by atoms with E-state index >= 15 is 0 Å². The molecule has 12 heteroatoms. The van der Waals surface area contributed by atoms with E-state index in [1.54, 1.807) is 26.2 Å². The Balaban J connectivity index is 1.77. The van der Waals surface area contributed by atoms with E-state index < -0.39 is 28.9 Å². The summed E-state index contributed by atoms with van der Waals surface area (Å²) in [6.45, 7) is 3.30. The van der Waals surface area contributed by atoms with Crippen LogP contribution in [0.2, 0.25) is 0 Å². The molecule has 0 saturated carbocycles. The quantitative estimate of drug-likeness (QED) is 0.322. The van der Waals surface area contributed by atoms with Gasteiger partial charge in [0.2, 0.25) is 0 Å². The number of carbonyl (C=O) groups excluding carboxylic acids is 1. The van der Waals surface area contributed by atoms with Gasteiger partial charge in [0, 0.05) is 11.3 Å². The third-order valence-corrected chi connectivity index (χ3v) is 5.81. The topological polar surface area (TPSA) is 110 Å². The Kier molecular flexibility index (Phi) is 6.24. The maximum atomic E-state index is 13.3. The molecule has 4 rings (SSSR count). The fourth-order valence-electron chi connectivity index (χ4n) is 3.53. The van der Waals surface area contributed by atoms with E-state index in [0.29, 0.717) is 16.4 Å². The maximum absolute atomic E-state index is 13.3. The molecule has 4 aromatic rings. The van der Waals surface area contributed by atoms with E-state index in [0.717, 1.165) is 22.8 Å². The van der Waals surface area contributed by atoms with Crippen molar-refractivity contribution >= 4 is 34.4 Å². The molecule has 0 fully saturated rings. The van der Waals surface area contributed by atoms with Crippen LogP contribution in [0, 0.1) is 13.8 Å². The Morgan fingerprint density at radius 2 is 1.83 bits per heavy atom. The molecule has 35 heavy (non-hydrogen) atoms. The molecule has 0 aliphatic heterocycles. The van der Waals surface area contributed by atoms with Gasteiger partial charge in [0.25, 0.3) is 11.5 Å².